The highest BCUT2D eigenvalue weighted by molar-refractivity contribution is 6.30. The maximum absolute atomic E-state index is 7.12. The topological polar surface area (TPSA) is 36.2 Å². The molecule has 0 unspecified atom stereocenters. The van der Waals surface area contributed by atoms with Gasteiger partial charge in [0.15, 0.2) is 0 Å². The average Bonchev–Trinajstić information content (AvgIpc) is 1.96. The van der Waals surface area contributed by atoms with E-state index < -0.39 is 0 Å². The summed E-state index contributed by atoms with van der Waals surface area (Å²) in [5.41, 5.74) is 0.913. The van der Waals surface area contributed by atoms with Crippen LogP contribution in [0, 0.1) is 17.2 Å². The van der Waals surface area contributed by atoms with Gasteiger partial charge in [-0.2, -0.15) is 0 Å². The van der Waals surface area contributed by atoms with Crippen LogP contribution in [-0.4, -0.2) is 18.5 Å². The molecule has 0 bridgehead atoms. The van der Waals surface area contributed by atoms with E-state index in [0.29, 0.717) is 11.8 Å². The molecule has 0 aliphatic rings. The van der Waals surface area contributed by atoms with E-state index in [0.717, 1.165) is 18.7 Å². The summed E-state index contributed by atoms with van der Waals surface area (Å²) in [5.74, 6) is 1.09. The van der Waals surface area contributed by atoms with Crippen molar-refractivity contribution in [2.45, 2.75) is 34.1 Å². The van der Waals surface area contributed by atoms with Crippen molar-refractivity contribution >= 4 is 11.9 Å². The van der Waals surface area contributed by atoms with Crippen molar-refractivity contribution in [3.05, 3.63) is 0 Å². The lowest BCUT2D eigenvalue weighted by molar-refractivity contribution is 0.596. The molecule has 0 amide bonds. The Bertz CT molecular complexity index is 157. The Morgan fingerprint density at radius 1 is 1.33 bits per heavy atom. The second kappa shape index (κ2) is 5.92. The second-order valence-electron chi connectivity index (χ2n) is 3.79. The van der Waals surface area contributed by atoms with E-state index in [-0.39, 0.29) is 0 Å². The second-order valence-corrected chi connectivity index (χ2v) is 3.79. The van der Waals surface area contributed by atoms with Gasteiger partial charge in [0.25, 0.3) is 0 Å². The molecular weight excluding hydrogens is 148 g/mol. The minimum Gasteiger partial charge on any atom is -0.307 e. The molecule has 0 aliphatic heterocycles. The van der Waals surface area contributed by atoms with Crippen molar-refractivity contribution in [1.82, 2.24) is 0 Å². The zero-order chi connectivity index (χ0) is 9.56. The van der Waals surface area contributed by atoms with Crippen molar-refractivity contribution in [2.24, 2.45) is 16.8 Å². The molecule has 0 heterocycles. The van der Waals surface area contributed by atoms with Crippen molar-refractivity contribution in [2.75, 3.05) is 6.54 Å². The van der Waals surface area contributed by atoms with Crippen molar-refractivity contribution < 1.29 is 0 Å². The lowest BCUT2D eigenvalue weighted by atomic mass is 10.1. The number of rotatable bonds is 5. The minimum absolute atomic E-state index is 0.384. The Morgan fingerprint density at radius 3 is 2.25 bits per heavy atom. The maximum atomic E-state index is 7.12. The fourth-order valence-electron chi connectivity index (χ4n) is 0.847. The van der Waals surface area contributed by atoms with E-state index >= 15 is 0 Å². The third-order valence-electron chi connectivity index (χ3n) is 1.74. The lowest BCUT2D eigenvalue weighted by Crippen LogP contribution is -2.09. The van der Waals surface area contributed by atoms with Gasteiger partial charge in [-0.3, -0.25) is 4.99 Å². The zero-order valence-electron chi connectivity index (χ0n) is 8.59. The third kappa shape index (κ3) is 5.05. The number of nitrogens with zero attached hydrogens (tertiary/aromatic N) is 1. The van der Waals surface area contributed by atoms with E-state index in [2.05, 4.69) is 32.7 Å². The van der Waals surface area contributed by atoms with Gasteiger partial charge < -0.3 is 5.41 Å². The van der Waals surface area contributed by atoms with Crippen LogP contribution in [0.5, 0.6) is 0 Å². The van der Waals surface area contributed by atoms with Crippen LogP contribution in [0.4, 0.5) is 0 Å². The van der Waals surface area contributed by atoms with Gasteiger partial charge in [-0.05, 0) is 18.3 Å². The molecule has 0 aromatic carbocycles. The first-order valence-corrected chi connectivity index (χ1v) is 4.62. The Hall–Kier alpha value is -0.660. The van der Waals surface area contributed by atoms with Gasteiger partial charge in [-0.25, -0.2) is 0 Å². The molecule has 0 aromatic heterocycles. The molecule has 2 nitrogen and oxygen atoms in total. The molecule has 0 fully saturated rings. The molecule has 0 rings (SSSR count). The highest BCUT2D eigenvalue weighted by atomic mass is 14.7. The molecule has 0 saturated carbocycles. The molecule has 70 valence electrons. The van der Waals surface area contributed by atoms with E-state index in [1.165, 1.54) is 6.21 Å². The summed E-state index contributed by atoms with van der Waals surface area (Å²) in [6.45, 7) is 9.38. The monoisotopic (exact) mass is 168 g/mol. The van der Waals surface area contributed by atoms with Crippen molar-refractivity contribution in [3.63, 3.8) is 0 Å². The Labute approximate surface area is 75.6 Å². The molecule has 0 spiro atoms. The standard InChI is InChI=1S/C10H20N2/c1-8(2)5-6-12-10(7-11)9(3)4/h7-9,11H,5-6H2,1-4H3. The van der Waals surface area contributed by atoms with Crippen LogP contribution >= 0.6 is 0 Å². The summed E-state index contributed by atoms with van der Waals surface area (Å²) in [6.07, 6.45) is 2.48. The SMILES string of the molecule is CC(C)CCN=C(C=N)C(C)C. The Balaban J connectivity index is 3.86. The molecular formula is C10H20N2. The quantitative estimate of drug-likeness (QED) is 0.613. The molecule has 0 aromatic rings. The Kier molecular flexibility index (Phi) is 5.60. The summed E-state index contributed by atoms with van der Waals surface area (Å²) >= 11 is 0. The van der Waals surface area contributed by atoms with Crippen LogP contribution in [0.2, 0.25) is 0 Å². The zero-order valence-corrected chi connectivity index (χ0v) is 8.59. The van der Waals surface area contributed by atoms with Gasteiger partial charge in [-0.1, -0.05) is 27.7 Å². The largest absolute Gasteiger partial charge is 0.307 e. The molecule has 0 aliphatic carbocycles. The van der Waals surface area contributed by atoms with Crippen molar-refractivity contribution in [1.29, 1.82) is 5.41 Å². The van der Waals surface area contributed by atoms with E-state index in [1.807, 2.05) is 0 Å². The summed E-state index contributed by atoms with van der Waals surface area (Å²) in [6, 6.07) is 0. The maximum Gasteiger partial charge on any atom is 0.0548 e. The number of hydrogen-bond acceptors (Lipinski definition) is 2. The lowest BCUT2D eigenvalue weighted by Gasteiger charge is -2.05. The first-order valence-electron chi connectivity index (χ1n) is 4.62. The fourth-order valence-corrected chi connectivity index (χ4v) is 0.847. The van der Waals surface area contributed by atoms with E-state index in [9.17, 15) is 0 Å². The molecule has 2 heteroatoms. The fraction of sp³-hybridized carbons (Fsp3) is 0.800. The first kappa shape index (κ1) is 11.3. The molecule has 12 heavy (non-hydrogen) atoms. The minimum atomic E-state index is 0.384. The summed E-state index contributed by atoms with van der Waals surface area (Å²) in [7, 11) is 0. The molecule has 1 N–H and O–H groups in total. The number of nitrogens with one attached hydrogen (secondary N) is 1. The number of hydrogen-bond donors (Lipinski definition) is 1. The van der Waals surface area contributed by atoms with E-state index in [4.69, 9.17) is 5.41 Å². The van der Waals surface area contributed by atoms with Crippen LogP contribution in [0.25, 0.3) is 0 Å². The predicted molar refractivity (Wildman–Crippen MR) is 55.4 cm³/mol. The Morgan fingerprint density at radius 2 is 1.92 bits per heavy atom. The highest BCUT2D eigenvalue weighted by Crippen LogP contribution is 2.01. The number of aliphatic imine (C=N–C) groups is 1. The van der Waals surface area contributed by atoms with Crippen LogP contribution in [0.1, 0.15) is 34.1 Å². The smallest absolute Gasteiger partial charge is 0.0548 e. The summed E-state index contributed by atoms with van der Waals surface area (Å²) in [4.78, 5) is 4.36. The van der Waals surface area contributed by atoms with Crippen LogP contribution in [-0.2, 0) is 0 Å². The molecule has 0 saturated heterocycles. The normalized spacial score (nSPS) is 12.7. The van der Waals surface area contributed by atoms with Crippen LogP contribution < -0.4 is 0 Å². The van der Waals surface area contributed by atoms with Gasteiger partial charge in [0.2, 0.25) is 0 Å². The van der Waals surface area contributed by atoms with Crippen molar-refractivity contribution in [3.8, 4) is 0 Å². The predicted octanol–water partition coefficient (Wildman–Crippen LogP) is 2.78. The van der Waals surface area contributed by atoms with Crippen LogP contribution in [0.3, 0.4) is 0 Å². The van der Waals surface area contributed by atoms with Gasteiger partial charge in [0, 0.05) is 12.8 Å². The van der Waals surface area contributed by atoms with Gasteiger partial charge in [0.05, 0.1) is 5.71 Å². The molecule has 0 radical (unpaired) electrons. The average molecular weight is 168 g/mol. The summed E-state index contributed by atoms with van der Waals surface area (Å²) < 4.78 is 0. The third-order valence-corrected chi connectivity index (χ3v) is 1.74. The highest BCUT2D eigenvalue weighted by Gasteiger charge is 2.00. The first-order chi connectivity index (χ1) is 5.57. The van der Waals surface area contributed by atoms with Gasteiger partial charge in [0.1, 0.15) is 0 Å². The van der Waals surface area contributed by atoms with Gasteiger partial charge in [-0.15, -0.1) is 0 Å². The van der Waals surface area contributed by atoms with E-state index in [1.54, 1.807) is 0 Å². The summed E-state index contributed by atoms with van der Waals surface area (Å²) in [5, 5.41) is 7.12. The molecule has 0 atom stereocenters. The van der Waals surface area contributed by atoms with Crippen LogP contribution in [0.15, 0.2) is 4.99 Å². The van der Waals surface area contributed by atoms with Gasteiger partial charge >= 0.3 is 0 Å².